The molecular weight excluding hydrogens is 402 g/mol. The molecule has 0 atom stereocenters. The van der Waals surface area contributed by atoms with E-state index in [9.17, 15) is 13.2 Å². The van der Waals surface area contributed by atoms with Crippen LogP contribution in [0, 0.1) is 0 Å². The molecule has 2 heterocycles. The van der Waals surface area contributed by atoms with Gasteiger partial charge in [0.2, 0.25) is 5.91 Å². The fraction of sp³-hybridized carbons (Fsp3) is 0.0556. The first-order valence-corrected chi connectivity index (χ1v) is 11.3. The maximum atomic E-state index is 12.3. The number of carbonyl (C=O) groups is 1. The monoisotopic (exact) mass is 415 g/mol. The molecule has 0 aliphatic rings. The normalized spacial score (nSPS) is 11.6. The molecular formula is C18H13N3O3S3. The summed E-state index contributed by atoms with van der Waals surface area (Å²) in [5.74, 6) is -1.25. The standard InChI is InChI=1S/C18H13N3O3S3/c22-16(11-27(23,24)12-6-2-1-3-7-12)21-18-20-14(10-25-18)17-19-13-8-4-5-9-15(13)26-17/h1-10H,11H2,(H,20,21,22). The zero-order valence-corrected chi connectivity index (χ0v) is 16.3. The van der Waals surface area contributed by atoms with Crippen LogP contribution in [0.4, 0.5) is 5.13 Å². The van der Waals surface area contributed by atoms with Gasteiger partial charge < -0.3 is 5.32 Å². The summed E-state index contributed by atoms with van der Waals surface area (Å²) in [4.78, 5) is 21.2. The smallest absolute Gasteiger partial charge is 0.241 e. The Morgan fingerprint density at radius 3 is 2.52 bits per heavy atom. The highest BCUT2D eigenvalue weighted by atomic mass is 32.2. The number of para-hydroxylation sites is 1. The number of hydrogen-bond acceptors (Lipinski definition) is 7. The van der Waals surface area contributed by atoms with Gasteiger partial charge in [0.05, 0.1) is 15.1 Å². The van der Waals surface area contributed by atoms with E-state index in [0.29, 0.717) is 10.8 Å². The van der Waals surface area contributed by atoms with E-state index in [1.54, 1.807) is 23.6 Å². The SMILES string of the molecule is O=C(CS(=O)(=O)c1ccccc1)Nc1nc(-c2nc3ccccc3s2)cs1. The van der Waals surface area contributed by atoms with E-state index in [-0.39, 0.29) is 4.90 Å². The largest absolute Gasteiger partial charge is 0.301 e. The van der Waals surface area contributed by atoms with Crippen LogP contribution in [-0.2, 0) is 14.6 Å². The zero-order chi connectivity index (χ0) is 18.9. The second-order valence-corrected chi connectivity index (χ2v) is 9.52. The first-order chi connectivity index (χ1) is 13.0. The number of nitrogens with one attached hydrogen (secondary N) is 1. The van der Waals surface area contributed by atoms with Gasteiger partial charge in [0, 0.05) is 5.38 Å². The molecule has 0 fully saturated rings. The molecule has 0 bridgehead atoms. The molecule has 27 heavy (non-hydrogen) atoms. The maximum absolute atomic E-state index is 12.3. The molecule has 2 aromatic heterocycles. The molecule has 1 amide bonds. The summed E-state index contributed by atoms with van der Waals surface area (Å²) in [7, 11) is -3.69. The van der Waals surface area contributed by atoms with Crippen molar-refractivity contribution < 1.29 is 13.2 Å². The van der Waals surface area contributed by atoms with Crippen LogP contribution in [0.1, 0.15) is 0 Å². The number of hydrogen-bond donors (Lipinski definition) is 1. The van der Waals surface area contributed by atoms with Gasteiger partial charge in [-0.15, -0.1) is 22.7 Å². The lowest BCUT2D eigenvalue weighted by molar-refractivity contribution is -0.113. The van der Waals surface area contributed by atoms with E-state index in [1.165, 1.54) is 34.8 Å². The van der Waals surface area contributed by atoms with Gasteiger partial charge in [-0.25, -0.2) is 18.4 Å². The average molecular weight is 416 g/mol. The highest BCUT2D eigenvalue weighted by Crippen LogP contribution is 2.31. The van der Waals surface area contributed by atoms with Crippen molar-refractivity contribution in [3.63, 3.8) is 0 Å². The van der Waals surface area contributed by atoms with Crippen molar-refractivity contribution in [2.24, 2.45) is 0 Å². The Balaban J connectivity index is 1.48. The van der Waals surface area contributed by atoms with Gasteiger partial charge in [0.1, 0.15) is 16.5 Å². The van der Waals surface area contributed by atoms with Crippen molar-refractivity contribution in [2.75, 3.05) is 11.1 Å². The lowest BCUT2D eigenvalue weighted by Crippen LogP contribution is -2.22. The van der Waals surface area contributed by atoms with E-state index >= 15 is 0 Å². The lowest BCUT2D eigenvalue weighted by Gasteiger charge is -2.04. The Kier molecular flexibility index (Phi) is 4.73. The summed E-state index contributed by atoms with van der Waals surface area (Å²) in [6.07, 6.45) is 0. The van der Waals surface area contributed by atoms with Gasteiger partial charge >= 0.3 is 0 Å². The van der Waals surface area contributed by atoms with Crippen molar-refractivity contribution in [3.8, 4) is 10.7 Å². The molecule has 4 aromatic rings. The van der Waals surface area contributed by atoms with E-state index in [2.05, 4.69) is 15.3 Å². The van der Waals surface area contributed by atoms with Gasteiger partial charge in [0.15, 0.2) is 15.0 Å². The minimum Gasteiger partial charge on any atom is -0.301 e. The highest BCUT2D eigenvalue weighted by Gasteiger charge is 2.20. The number of rotatable bonds is 5. The molecule has 0 aliphatic heterocycles. The third-order valence-corrected chi connectivity index (χ3v) is 7.14. The third kappa shape index (κ3) is 3.90. The van der Waals surface area contributed by atoms with E-state index < -0.39 is 21.5 Å². The number of aromatic nitrogens is 2. The number of thiazole rings is 2. The fourth-order valence-electron chi connectivity index (χ4n) is 2.45. The fourth-order valence-corrected chi connectivity index (χ4v) is 5.32. The van der Waals surface area contributed by atoms with Crippen LogP contribution in [0.3, 0.4) is 0 Å². The lowest BCUT2D eigenvalue weighted by atomic mass is 10.3. The molecule has 4 rings (SSSR count). The summed E-state index contributed by atoms with van der Waals surface area (Å²) in [6.45, 7) is 0. The van der Waals surface area contributed by atoms with Crippen LogP contribution in [0.2, 0.25) is 0 Å². The average Bonchev–Trinajstić information content (AvgIpc) is 3.28. The molecule has 2 aromatic carbocycles. The van der Waals surface area contributed by atoms with Gasteiger partial charge in [0.25, 0.3) is 0 Å². The number of anilines is 1. The molecule has 6 nitrogen and oxygen atoms in total. The second kappa shape index (κ2) is 7.18. The molecule has 1 N–H and O–H groups in total. The van der Waals surface area contributed by atoms with Crippen molar-refractivity contribution in [3.05, 3.63) is 60.0 Å². The summed E-state index contributed by atoms with van der Waals surface area (Å²) >= 11 is 2.75. The number of benzene rings is 2. The molecule has 136 valence electrons. The summed E-state index contributed by atoms with van der Waals surface area (Å²) < 4.78 is 25.6. The number of nitrogens with zero attached hydrogens (tertiary/aromatic N) is 2. The molecule has 9 heteroatoms. The minimum absolute atomic E-state index is 0.120. The van der Waals surface area contributed by atoms with Gasteiger partial charge in [-0.05, 0) is 24.3 Å². The molecule has 0 aliphatic carbocycles. The van der Waals surface area contributed by atoms with Crippen LogP contribution in [-0.4, -0.2) is 30.0 Å². The predicted molar refractivity (Wildman–Crippen MR) is 108 cm³/mol. The van der Waals surface area contributed by atoms with Crippen molar-refractivity contribution in [1.82, 2.24) is 9.97 Å². The second-order valence-electron chi connectivity index (χ2n) is 5.64. The van der Waals surface area contributed by atoms with Crippen molar-refractivity contribution >= 4 is 53.8 Å². The Morgan fingerprint density at radius 2 is 1.74 bits per heavy atom. The van der Waals surface area contributed by atoms with Crippen molar-refractivity contribution in [2.45, 2.75) is 4.90 Å². The summed E-state index contributed by atoms with van der Waals surface area (Å²) in [6, 6.07) is 15.7. The molecule has 0 saturated heterocycles. The first kappa shape index (κ1) is 17.8. The number of amides is 1. The van der Waals surface area contributed by atoms with E-state index in [4.69, 9.17) is 0 Å². The number of sulfone groups is 1. The topological polar surface area (TPSA) is 89.0 Å². The summed E-state index contributed by atoms with van der Waals surface area (Å²) in [5.41, 5.74) is 1.55. The highest BCUT2D eigenvalue weighted by molar-refractivity contribution is 7.92. The summed E-state index contributed by atoms with van der Waals surface area (Å²) in [5, 5.41) is 5.45. The predicted octanol–water partition coefficient (Wildman–Crippen LogP) is 3.83. The Hall–Kier alpha value is -2.62. The third-order valence-electron chi connectivity index (χ3n) is 3.69. The van der Waals surface area contributed by atoms with E-state index in [1.807, 2.05) is 24.3 Å². The number of fused-ring (bicyclic) bond motifs is 1. The first-order valence-electron chi connectivity index (χ1n) is 7.90. The molecule has 0 spiro atoms. The van der Waals surface area contributed by atoms with Crippen LogP contribution in [0.25, 0.3) is 20.9 Å². The Morgan fingerprint density at radius 1 is 1.00 bits per heavy atom. The zero-order valence-electron chi connectivity index (χ0n) is 13.8. The van der Waals surface area contributed by atoms with Gasteiger partial charge in [-0.2, -0.15) is 0 Å². The maximum Gasteiger partial charge on any atom is 0.241 e. The Labute approximate surface area is 163 Å². The molecule has 0 unspecified atom stereocenters. The van der Waals surface area contributed by atoms with Gasteiger partial charge in [-0.1, -0.05) is 30.3 Å². The molecule has 0 saturated carbocycles. The Bertz CT molecular complexity index is 1180. The van der Waals surface area contributed by atoms with Crippen LogP contribution in [0.15, 0.2) is 64.9 Å². The van der Waals surface area contributed by atoms with Crippen molar-refractivity contribution in [1.29, 1.82) is 0 Å². The quantitative estimate of drug-likeness (QED) is 0.535. The van der Waals surface area contributed by atoms with E-state index in [0.717, 1.165) is 15.2 Å². The van der Waals surface area contributed by atoms with Crippen LogP contribution < -0.4 is 5.32 Å². The van der Waals surface area contributed by atoms with Crippen LogP contribution >= 0.6 is 22.7 Å². The van der Waals surface area contributed by atoms with Gasteiger partial charge in [-0.3, -0.25) is 4.79 Å². The van der Waals surface area contributed by atoms with Crippen LogP contribution in [0.5, 0.6) is 0 Å². The number of carbonyl (C=O) groups excluding carboxylic acids is 1. The minimum atomic E-state index is -3.69. The molecule has 0 radical (unpaired) electrons.